The standard InChI is InChI=1S/C12H21ClO/c1-10-4-5-11(14-10)8-12(9-13)6-2-3-7-12/h10-11H,2-9H2,1H3. The maximum absolute atomic E-state index is 6.12. The minimum absolute atomic E-state index is 0.427. The first kappa shape index (κ1) is 10.8. The van der Waals surface area contributed by atoms with E-state index in [0.29, 0.717) is 17.6 Å². The van der Waals surface area contributed by atoms with Gasteiger partial charge in [0.25, 0.3) is 0 Å². The molecule has 1 saturated carbocycles. The Labute approximate surface area is 92.2 Å². The highest BCUT2D eigenvalue weighted by Crippen LogP contribution is 2.44. The summed E-state index contributed by atoms with van der Waals surface area (Å²) in [6.07, 6.45) is 10.1. The quantitative estimate of drug-likeness (QED) is 0.653. The zero-order valence-corrected chi connectivity index (χ0v) is 9.85. The van der Waals surface area contributed by atoms with Crippen molar-refractivity contribution >= 4 is 11.6 Å². The van der Waals surface area contributed by atoms with Crippen LogP contribution in [0, 0.1) is 5.41 Å². The van der Waals surface area contributed by atoms with Crippen LogP contribution in [0.3, 0.4) is 0 Å². The van der Waals surface area contributed by atoms with Crippen molar-refractivity contribution in [2.75, 3.05) is 5.88 Å². The van der Waals surface area contributed by atoms with Crippen LogP contribution in [0.5, 0.6) is 0 Å². The number of alkyl halides is 1. The average Bonchev–Trinajstić information content (AvgIpc) is 2.77. The predicted octanol–water partition coefficient (Wildman–Crippen LogP) is 3.74. The maximum atomic E-state index is 6.12. The Morgan fingerprint density at radius 3 is 2.50 bits per heavy atom. The molecule has 1 heterocycles. The smallest absolute Gasteiger partial charge is 0.0585 e. The summed E-state index contributed by atoms with van der Waals surface area (Å²) in [7, 11) is 0. The second-order valence-corrected chi connectivity index (χ2v) is 5.46. The van der Waals surface area contributed by atoms with E-state index in [2.05, 4.69) is 6.92 Å². The van der Waals surface area contributed by atoms with Crippen LogP contribution in [-0.2, 0) is 4.74 Å². The first-order valence-electron chi connectivity index (χ1n) is 5.95. The normalized spacial score (nSPS) is 36.4. The van der Waals surface area contributed by atoms with Crippen LogP contribution in [0.15, 0.2) is 0 Å². The lowest BCUT2D eigenvalue weighted by Crippen LogP contribution is -2.25. The van der Waals surface area contributed by atoms with Gasteiger partial charge < -0.3 is 4.74 Å². The van der Waals surface area contributed by atoms with Gasteiger partial charge in [0.05, 0.1) is 12.2 Å². The molecule has 0 N–H and O–H groups in total. The molecule has 2 heteroatoms. The summed E-state index contributed by atoms with van der Waals surface area (Å²) >= 11 is 6.12. The van der Waals surface area contributed by atoms with Crippen molar-refractivity contribution in [2.24, 2.45) is 5.41 Å². The zero-order chi connectivity index (χ0) is 10.0. The topological polar surface area (TPSA) is 9.23 Å². The molecule has 0 aromatic heterocycles. The summed E-state index contributed by atoms with van der Waals surface area (Å²) in [6, 6.07) is 0. The first-order chi connectivity index (χ1) is 6.74. The van der Waals surface area contributed by atoms with Gasteiger partial charge in [0, 0.05) is 5.88 Å². The van der Waals surface area contributed by atoms with E-state index < -0.39 is 0 Å². The molecule has 14 heavy (non-hydrogen) atoms. The van der Waals surface area contributed by atoms with Gasteiger partial charge in [0.1, 0.15) is 0 Å². The van der Waals surface area contributed by atoms with Crippen molar-refractivity contribution < 1.29 is 4.74 Å². The van der Waals surface area contributed by atoms with Crippen molar-refractivity contribution in [3.63, 3.8) is 0 Å². The van der Waals surface area contributed by atoms with E-state index in [0.717, 1.165) is 5.88 Å². The highest BCUT2D eigenvalue weighted by Gasteiger charge is 2.37. The monoisotopic (exact) mass is 216 g/mol. The molecule has 2 atom stereocenters. The molecule has 2 unspecified atom stereocenters. The summed E-state index contributed by atoms with van der Waals surface area (Å²) in [4.78, 5) is 0. The fourth-order valence-electron chi connectivity index (χ4n) is 3.04. The van der Waals surface area contributed by atoms with Gasteiger partial charge >= 0.3 is 0 Å². The van der Waals surface area contributed by atoms with Crippen molar-refractivity contribution in [1.29, 1.82) is 0 Å². The summed E-state index contributed by atoms with van der Waals surface area (Å²) in [6.45, 7) is 2.18. The zero-order valence-electron chi connectivity index (χ0n) is 9.10. The van der Waals surface area contributed by atoms with Crippen molar-refractivity contribution in [1.82, 2.24) is 0 Å². The number of rotatable bonds is 3. The van der Waals surface area contributed by atoms with Crippen LogP contribution in [-0.4, -0.2) is 18.1 Å². The summed E-state index contributed by atoms with van der Waals surface area (Å²) < 4.78 is 5.89. The Morgan fingerprint density at radius 2 is 2.00 bits per heavy atom. The third kappa shape index (κ3) is 2.25. The molecule has 1 aliphatic carbocycles. The fourth-order valence-corrected chi connectivity index (χ4v) is 3.41. The van der Waals surface area contributed by atoms with Crippen molar-refractivity contribution in [3.05, 3.63) is 0 Å². The molecule has 0 radical (unpaired) electrons. The Kier molecular flexibility index (Phi) is 3.38. The molecule has 1 saturated heterocycles. The molecule has 2 aliphatic rings. The van der Waals surface area contributed by atoms with Crippen molar-refractivity contribution in [2.45, 2.75) is 64.1 Å². The number of hydrogen-bond acceptors (Lipinski definition) is 1. The van der Waals surface area contributed by atoms with Crippen molar-refractivity contribution in [3.8, 4) is 0 Å². The molecule has 0 bridgehead atoms. The highest BCUT2D eigenvalue weighted by atomic mass is 35.5. The van der Waals surface area contributed by atoms with Gasteiger partial charge in [-0.05, 0) is 44.4 Å². The van der Waals surface area contributed by atoms with Gasteiger partial charge in [-0.25, -0.2) is 0 Å². The molecule has 0 spiro atoms. The van der Waals surface area contributed by atoms with Gasteiger partial charge in [-0.2, -0.15) is 0 Å². The van der Waals surface area contributed by atoms with E-state index in [1.54, 1.807) is 0 Å². The van der Waals surface area contributed by atoms with E-state index in [4.69, 9.17) is 16.3 Å². The van der Waals surface area contributed by atoms with Crippen LogP contribution in [0.1, 0.15) is 51.9 Å². The average molecular weight is 217 g/mol. The lowest BCUT2D eigenvalue weighted by molar-refractivity contribution is 0.0270. The third-order valence-corrected chi connectivity index (χ3v) is 4.50. The predicted molar refractivity (Wildman–Crippen MR) is 59.8 cm³/mol. The van der Waals surface area contributed by atoms with Gasteiger partial charge in [-0.15, -0.1) is 11.6 Å². The Hall–Kier alpha value is 0.250. The number of hydrogen-bond donors (Lipinski definition) is 0. The summed E-state index contributed by atoms with van der Waals surface area (Å²) in [5.74, 6) is 0.835. The lowest BCUT2D eigenvalue weighted by atomic mass is 9.82. The van der Waals surface area contributed by atoms with Gasteiger partial charge in [-0.1, -0.05) is 12.8 Å². The first-order valence-corrected chi connectivity index (χ1v) is 6.49. The molecule has 0 amide bonds. The minimum Gasteiger partial charge on any atom is -0.375 e. The number of ether oxygens (including phenoxy) is 1. The Bertz CT molecular complexity index is 187. The maximum Gasteiger partial charge on any atom is 0.0585 e. The second-order valence-electron chi connectivity index (χ2n) is 5.19. The molecule has 2 fully saturated rings. The van der Waals surface area contributed by atoms with E-state index in [1.165, 1.54) is 44.9 Å². The highest BCUT2D eigenvalue weighted by molar-refractivity contribution is 6.18. The molecular weight excluding hydrogens is 196 g/mol. The van der Waals surface area contributed by atoms with E-state index in [9.17, 15) is 0 Å². The molecular formula is C12H21ClO. The minimum atomic E-state index is 0.427. The van der Waals surface area contributed by atoms with E-state index >= 15 is 0 Å². The van der Waals surface area contributed by atoms with Gasteiger partial charge in [0.15, 0.2) is 0 Å². The molecule has 0 aromatic carbocycles. The SMILES string of the molecule is CC1CCC(CC2(CCl)CCCC2)O1. The largest absolute Gasteiger partial charge is 0.375 e. The van der Waals surface area contributed by atoms with Gasteiger partial charge in [0.2, 0.25) is 0 Å². The molecule has 2 rings (SSSR count). The Balaban J connectivity index is 1.88. The van der Waals surface area contributed by atoms with Crippen LogP contribution >= 0.6 is 11.6 Å². The Morgan fingerprint density at radius 1 is 1.29 bits per heavy atom. The summed E-state index contributed by atoms with van der Waals surface area (Å²) in [5.41, 5.74) is 0.427. The lowest BCUT2D eigenvalue weighted by Gasteiger charge is -2.29. The van der Waals surface area contributed by atoms with E-state index in [1.807, 2.05) is 0 Å². The fraction of sp³-hybridized carbons (Fsp3) is 1.00. The van der Waals surface area contributed by atoms with E-state index in [-0.39, 0.29) is 0 Å². The third-order valence-electron chi connectivity index (χ3n) is 3.93. The molecule has 82 valence electrons. The number of halogens is 1. The van der Waals surface area contributed by atoms with Crippen LogP contribution in [0.4, 0.5) is 0 Å². The second kappa shape index (κ2) is 4.40. The molecule has 1 nitrogen and oxygen atoms in total. The van der Waals surface area contributed by atoms with Crippen LogP contribution in [0.25, 0.3) is 0 Å². The van der Waals surface area contributed by atoms with Gasteiger partial charge in [-0.3, -0.25) is 0 Å². The van der Waals surface area contributed by atoms with Crippen LogP contribution in [0.2, 0.25) is 0 Å². The van der Waals surface area contributed by atoms with Crippen LogP contribution < -0.4 is 0 Å². The molecule has 0 aromatic rings. The summed E-state index contributed by atoms with van der Waals surface area (Å²) in [5, 5.41) is 0. The molecule has 1 aliphatic heterocycles.